The Labute approximate surface area is 121 Å². The fraction of sp³-hybridized carbons (Fsp3) is 1.00. The molecule has 0 aromatic rings. The van der Waals surface area contributed by atoms with Crippen LogP contribution in [0.2, 0.25) is 0 Å². The summed E-state index contributed by atoms with van der Waals surface area (Å²) in [5, 5.41) is 0. The van der Waals surface area contributed by atoms with Crippen molar-refractivity contribution in [1.82, 2.24) is 4.90 Å². The Balaban J connectivity index is 0.00000180. The van der Waals surface area contributed by atoms with Crippen LogP contribution in [0.25, 0.3) is 0 Å². The van der Waals surface area contributed by atoms with Crippen LogP contribution in [0.4, 0.5) is 8.78 Å². The van der Waals surface area contributed by atoms with E-state index in [1.54, 1.807) is 0 Å². The van der Waals surface area contributed by atoms with E-state index in [9.17, 15) is 8.78 Å². The predicted molar refractivity (Wildman–Crippen MR) is 77.0 cm³/mol. The van der Waals surface area contributed by atoms with Crippen molar-refractivity contribution in [3.8, 4) is 0 Å². The van der Waals surface area contributed by atoms with E-state index in [1.807, 2.05) is 0 Å². The normalized spacial score (nSPS) is 33.5. The molecule has 1 heterocycles. The number of rotatable bonds is 3. The van der Waals surface area contributed by atoms with Crippen LogP contribution in [0, 0.1) is 11.8 Å². The molecule has 114 valence electrons. The first-order valence-electron chi connectivity index (χ1n) is 7.32. The second-order valence-corrected chi connectivity index (χ2v) is 6.34. The summed E-state index contributed by atoms with van der Waals surface area (Å²) >= 11 is 0. The molecular formula is C14H27ClF2N2. The molecule has 1 aliphatic heterocycles. The van der Waals surface area contributed by atoms with Gasteiger partial charge in [-0.05, 0) is 51.0 Å². The molecule has 2 N–H and O–H groups in total. The van der Waals surface area contributed by atoms with Gasteiger partial charge in [-0.3, -0.25) is 0 Å². The average molecular weight is 297 g/mol. The van der Waals surface area contributed by atoms with Gasteiger partial charge >= 0.3 is 0 Å². The summed E-state index contributed by atoms with van der Waals surface area (Å²) in [5.74, 6) is -1.69. The van der Waals surface area contributed by atoms with E-state index in [2.05, 4.69) is 11.8 Å². The minimum atomic E-state index is -2.42. The Bertz CT molecular complexity index is 274. The molecule has 3 unspecified atom stereocenters. The largest absolute Gasteiger partial charge is 0.328 e. The topological polar surface area (TPSA) is 29.3 Å². The predicted octanol–water partition coefficient (Wildman–Crippen LogP) is 3.29. The summed E-state index contributed by atoms with van der Waals surface area (Å²) < 4.78 is 26.8. The van der Waals surface area contributed by atoms with Crippen LogP contribution in [0.1, 0.15) is 45.4 Å². The number of nitrogens with zero attached hydrogens (tertiary/aromatic N) is 1. The molecule has 2 nitrogen and oxygen atoms in total. The lowest BCUT2D eigenvalue weighted by atomic mass is 9.85. The maximum atomic E-state index is 13.4. The Morgan fingerprint density at radius 1 is 1.32 bits per heavy atom. The van der Waals surface area contributed by atoms with E-state index < -0.39 is 5.92 Å². The first-order chi connectivity index (χ1) is 8.46. The lowest BCUT2D eigenvalue weighted by Crippen LogP contribution is -2.45. The van der Waals surface area contributed by atoms with Gasteiger partial charge < -0.3 is 10.6 Å². The van der Waals surface area contributed by atoms with Crippen molar-refractivity contribution in [2.24, 2.45) is 17.6 Å². The zero-order valence-electron chi connectivity index (χ0n) is 11.8. The van der Waals surface area contributed by atoms with E-state index in [0.29, 0.717) is 12.3 Å². The number of likely N-dealkylation sites (tertiary alicyclic amines) is 1. The van der Waals surface area contributed by atoms with Crippen LogP contribution in [0.3, 0.4) is 0 Å². The molecule has 2 rings (SSSR count). The monoisotopic (exact) mass is 296 g/mol. The molecular weight excluding hydrogens is 270 g/mol. The minimum absolute atomic E-state index is 0. The van der Waals surface area contributed by atoms with Crippen LogP contribution in [-0.2, 0) is 0 Å². The van der Waals surface area contributed by atoms with Crippen LogP contribution in [0.15, 0.2) is 0 Å². The van der Waals surface area contributed by atoms with Crippen molar-refractivity contribution >= 4 is 12.4 Å². The average Bonchev–Trinajstić information content (AvgIpc) is 2.28. The molecule has 19 heavy (non-hydrogen) atoms. The van der Waals surface area contributed by atoms with Crippen molar-refractivity contribution < 1.29 is 8.78 Å². The first kappa shape index (κ1) is 17.1. The Kier molecular flexibility index (Phi) is 6.48. The van der Waals surface area contributed by atoms with Gasteiger partial charge in [-0.25, -0.2) is 8.78 Å². The summed E-state index contributed by atoms with van der Waals surface area (Å²) in [7, 11) is 0. The fourth-order valence-electron chi connectivity index (χ4n) is 3.48. The number of hydrogen-bond donors (Lipinski definition) is 1. The lowest BCUT2D eigenvalue weighted by Gasteiger charge is -2.38. The van der Waals surface area contributed by atoms with E-state index in [-0.39, 0.29) is 37.2 Å². The van der Waals surface area contributed by atoms with Crippen molar-refractivity contribution in [2.75, 3.05) is 19.6 Å². The van der Waals surface area contributed by atoms with Crippen molar-refractivity contribution in [3.05, 3.63) is 0 Å². The minimum Gasteiger partial charge on any atom is -0.328 e. The van der Waals surface area contributed by atoms with Gasteiger partial charge in [0, 0.05) is 32.0 Å². The zero-order valence-corrected chi connectivity index (χ0v) is 12.6. The SMILES string of the molecule is CC(N)C1CCCN(CC2CCCC(F)(F)C2)C1.Cl. The molecule has 1 saturated carbocycles. The van der Waals surface area contributed by atoms with Gasteiger partial charge in [-0.1, -0.05) is 0 Å². The number of hydrogen-bond acceptors (Lipinski definition) is 2. The number of halogens is 3. The third-order valence-electron chi connectivity index (χ3n) is 4.54. The third-order valence-corrected chi connectivity index (χ3v) is 4.54. The summed E-state index contributed by atoms with van der Waals surface area (Å²) in [6, 6.07) is 0.223. The highest BCUT2D eigenvalue weighted by molar-refractivity contribution is 5.85. The van der Waals surface area contributed by atoms with Gasteiger partial charge in [0.05, 0.1) is 0 Å². The summed E-state index contributed by atoms with van der Waals surface area (Å²) in [5.41, 5.74) is 5.96. The van der Waals surface area contributed by atoms with Crippen LogP contribution in [-0.4, -0.2) is 36.5 Å². The molecule has 0 spiro atoms. The van der Waals surface area contributed by atoms with E-state index in [0.717, 1.165) is 32.5 Å². The maximum absolute atomic E-state index is 13.4. The van der Waals surface area contributed by atoms with Gasteiger partial charge in [0.25, 0.3) is 0 Å². The molecule has 2 fully saturated rings. The highest BCUT2D eigenvalue weighted by Crippen LogP contribution is 2.37. The Morgan fingerprint density at radius 2 is 2.05 bits per heavy atom. The molecule has 0 bridgehead atoms. The molecule has 0 amide bonds. The van der Waals surface area contributed by atoms with Gasteiger partial charge in [0.2, 0.25) is 5.92 Å². The van der Waals surface area contributed by atoms with Crippen LogP contribution >= 0.6 is 12.4 Å². The van der Waals surface area contributed by atoms with Crippen molar-refractivity contribution in [2.45, 2.75) is 57.4 Å². The van der Waals surface area contributed by atoms with Gasteiger partial charge in [-0.2, -0.15) is 0 Å². The quantitative estimate of drug-likeness (QED) is 0.866. The molecule has 1 aliphatic carbocycles. The van der Waals surface area contributed by atoms with Crippen molar-refractivity contribution in [1.29, 1.82) is 0 Å². The van der Waals surface area contributed by atoms with E-state index >= 15 is 0 Å². The summed E-state index contributed by atoms with van der Waals surface area (Å²) in [6.07, 6.45) is 4.18. The van der Waals surface area contributed by atoms with E-state index in [1.165, 1.54) is 6.42 Å². The molecule has 0 aromatic carbocycles. The van der Waals surface area contributed by atoms with Crippen LogP contribution < -0.4 is 5.73 Å². The molecule has 2 aliphatic rings. The highest BCUT2D eigenvalue weighted by atomic mass is 35.5. The standard InChI is InChI=1S/C14H26F2N2.ClH/c1-11(17)13-5-3-7-18(10-13)9-12-4-2-6-14(15,16)8-12;/h11-13H,2-10,17H2,1H3;1H. The van der Waals surface area contributed by atoms with Gasteiger partial charge in [0.15, 0.2) is 0 Å². The summed E-state index contributed by atoms with van der Waals surface area (Å²) in [4.78, 5) is 2.36. The second kappa shape index (κ2) is 7.19. The smallest absolute Gasteiger partial charge is 0.248 e. The Morgan fingerprint density at radius 3 is 2.68 bits per heavy atom. The highest BCUT2D eigenvalue weighted by Gasteiger charge is 2.37. The Hall–Kier alpha value is 0.0700. The molecule has 0 radical (unpaired) electrons. The number of nitrogens with two attached hydrogens (primary N) is 1. The van der Waals surface area contributed by atoms with Gasteiger partial charge in [0.1, 0.15) is 0 Å². The summed E-state index contributed by atoms with van der Waals surface area (Å²) in [6.45, 7) is 4.97. The van der Waals surface area contributed by atoms with Crippen LogP contribution in [0.5, 0.6) is 0 Å². The van der Waals surface area contributed by atoms with E-state index in [4.69, 9.17) is 5.73 Å². The number of alkyl halides is 2. The zero-order chi connectivity index (χ0) is 13.2. The molecule has 0 aromatic heterocycles. The van der Waals surface area contributed by atoms with Gasteiger partial charge in [-0.15, -0.1) is 12.4 Å². The molecule has 3 atom stereocenters. The molecule has 1 saturated heterocycles. The molecule has 5 heteroatoms. The first-order valence-corrected chi connectivity index (χ1v) is 7.32. The second-order valence-electron chi connectivity index (χ2n) is 6.34. The van der Waals surface area contributed by atoms with Crippen molar-refractivity contribution in [3.63, 3.8) is 0 Å². The number of piperidine rings is 1. The lowest BCUT2D eigenvalue weighted by molar-refractivity contribution is -0.0584. The third kappa shape index (κ3) is 5.16. The fourth-order valence-corrected chi connectivity index (χ4v) is 3.48. The maximum Gasteiger partial charge on any atom is 0.248 e.